The van der Waals surface area contributed by atoms with Crippen molar-refractivity contribution in [2.24, 2.45) is 0 Å². The first-order valence-electron chi connectivity index (χ1n) is 9.96. The van der Waals surface area contributed by atoms with Gasteiger partial charge < -0.3 is 9.73 Å². The molecule has 1 unspecified atom stereocenters. The summed E-state index contributed by atoms with van der Waals surface area (Å²) >= 11 is 1.29. The molecule has 1 amide bonds. The molecule has 4 rings (SSSR count). The van der Waals surface area contributed by atoms with Crippen LogP contribution in [0.3, 0.4) is 0 Å². The topological polar surface area (TPSA) is 103 Å². The van der Waals surface area contributed by atoms with Crippen molar-refractivity contribution in [2.45, 2.75) is 30.8 Å². The molecule has 3 heterocycles. The molecular formula is C23H21N5O3S. The number of carbonyl (C=O) groups is 2. The maximum absolute atomic E-state index is 12.8. The van der Waals surface area contributed by atoms with Crippen molar-refractivity contribution in [3.63, 3.8) is 0 Å². The van der Waals surface area contributed by atoms with Crippen LogP contribution in [0.15, 0.2) is 76.8 Å². The van der Waals surface area contributed by atoms with E-state index in [-0.39, 0.29) is 11.7 Å². The zero-order chi connectivity index (χ0) is 22.5. The van der Waals surface area contributed by atoms with Gasteiger partial charge in [0.15, 0.2) is 16.8 Å². The molecule has 0 aliphatic rings. The number of nitrogens with zero attached hydrogens (tertiary/aromatic N) is 4. The summed E-state index contributed by atoms with van der Waals surface area (Å²) in [6.07, 6.45) is 5.02. The third-order valence-electron chi connectivity index (χ3n) is 4.72. The molecule has 0 spiro atoms. The van der Waals surface area contributed by atoms with E-state index in [1.165, 1.54) is 18.7 Å². The number of furan rings is 1. The number of amides is 1. The van der Waals surface area contributed by atoms with Crippen molar-refractivity contribution >= 4 is 29.1 Å². The van der Waals surface area contributed by atoms with Gasteiger partial charge in [-0.2, -0.15) is 0 Å². The quantitative estimate of drug-likeness (QED) is 0.317. The maximum Gasteiger partial charge on any atom is 0.237 e. The van der Waals surface area contributed by atoms with Crippen LogP contribution in [0.25, 0.3) is 11.4 Å². The number of thioether (sulfide) groups is 1. The van der Waals surface area contributed by atoms with Crippen molar-refractivity contribution in [3.8, 4) is 11.4 Å². The molecule has 162 valence electrons. The van der Waals surface area contributed by atoms with Gasteiger partial charge in [-0.05, 0) is 50.2 Å². The number of anilines is 1. The van der Waals surface area contributed by atoms with Gasteiger partial charge in [-0.3, -0.25) is 19.1 Å². The van der Waals surface area contributed by atoms with Gasteiger partial charge >= 0.3 is 0 Å². The molecule has 8 nitrogen and oxygen atoms in total. The van der Waals surface area contributed by atoms with Crippen molar-refractivity contribution < 1.29 is 14.0 Å². The summed E-state index contributed by atoms with van der Waals surface area (Å²) in [6.45, 7) is 3.71. The molecule has 0 radical (unpaired) electrons. The van der Waals surface area contributed by atoms with Crippen LogP contribution in [0.5, 0.6) is 0 Å². The van der Waals surface area contributed by atoms with E-state index in [1.807, 2.05) is 28.8 Å². The highest BCUT2D eigenvalue weighted by atomic mass is 32.2. The molecule has 0 aliphatic heterocycles. The first kappa shape index (κ1) is 21.5. The zero-order valence-electron chi connectivity index (χ0n) is 17.6. The van der Waals surface area contributed by atoms with Crippen LogP contribution in [-0.4, -0.2) is 36.7 Å². The second-order valence-corrected chi connectivity index (χ2v) is 8.41. The summed E-state index contributed by atoms with van der Waals surface area (Å²) in [5, 5.41) is 11.6. The van der Waals surface area contributed by atoms with Crippen molar-refractivity contribution in [1.82, 2.24) is 19.7 Å². The molecule has 0 saturated carbocycles. The van der Waals surface area contributed by atoms with Crippen LogP contribution in [0.1, 0.15) is 30.0 Å². The Morgan fingerprint density at radius 1 is 1.16 bits per heavy atom. The number of benzene rings is 1. The van der Waals surface area contributed by atoms with Crippen LogP contribution < -0.4 is 5.32 Å². The van der Waals surface area contributed by atoms with E-state index in [2.05, 4.69) is 20.5 Å². The molecule has 0 aliphatic carbocycles. The second kappa shape index (κ2) is 9.61. The Hall–Kier alpha value is -3.72. The predicted molar refractivity (Wildman–Crippen MR) is 121 cm³/mol. The standard InChI is InChI=1S/C23H21N5O3S/c1-15(29)17-6-3-8-19(12-17)25-22(30)16(2)32-23-27-26-21(18-7-4-10-24-13-18)28(23)14-20-9-5-11-31-20/h3-13,16H,14H2,1-2H3,(H,25,30). The highest BCUT2D eigenvalue weighted by Crippen LogP contribution is 2.28. The molecule has 0 saturated heterocycles. The van der Waals surface area contributed by atoms with Gasteiger partial charge in [0.1, 0.15) is 5.76 Å². The Kier molecular flexibility index (Phi) is 6.46. The Bertz CT molecular complexity index is 1220. The fourth-order valence-corrected chi connectivity index (χ4v) is 3.91. The van der Waals surface area contributed by atoms with Gasteiger partial charge in [0.2, 0.25) is 5.91 Å². The Labute approximate surface area is 189 Å². The lowest BCUT2D eigenvalue weighted by Crippen LogP contribution is -2.23. The lowest BCUT2D eigenvalue weighted by Gasteiger charge is -2.13. The maximum atomic E-state index is 12.8. The molecular weight excluding hydrogens is 426 g/mol. The van der Waals surface area contributed by atoms with E-state index in [4.69, 9.17) is 4.42 Å². The number of Topliss-reactive ketones (excluding diaryl/α,β-unsaturated/α-hetero) is 1. The number of ketones is 1. The SMILES string of the molecule is CC(=O)c1cccc(NC(=O)C(C)Sc2nnc(-c3cccnc3)n2Cc2ccco2)c1. The fourth-order valence-electron chi connectivity index (χ4n) is 3.06. The van der Waals surface area contributed by atoms with E-state index in [0.29, 0.717) is 28.8 Å². The number of rotatable bonds is 8. The van der Waals surface area contributed by atoms with Crippen molar-refractivity contribution in [2.75, 3.05) is 5.32 Å². The Morgan fingerprint density at radius 2 is 2.03 bits per heavy atom. The fraction of sp³-hybridized carbons (Fsp3) is 0.174. The first-order chi connectivity index (χ1) is 15.5. The largest absolute Gasteiger partial charge is 0.467 e. The average molecular weight is 448 g/mol. The summed E-state index contributed by atoms with van der Waals surface area (Å²) in [6, 6.07) is 14.3. The van der Waals surface area contributed by atoms with E-state index < -0.39 is 5.25 Å². The van der Waals surface area contributed by atoms with Crippen LogP contribution >= 0.6 is 11.8 Å². The van der Waals surface area contributed by atoms with Gasteiger partial charge in [0.25, 0.3) is 0 Å². The molecule has 1 atom stereocenters. The van der Waals surface area contributed by atoms with Gasteiger partial charge in [-0.25, -0.2) is 0 Å². The minimum atomic E-state index is -0.461. The van der Waals surface area contributed by atoms with Gasteiger partial charge in [-0.1, -0.05) is 23.9 Å². The Morgan fingerprint density at radius 3 is 2.75 bits per heavy atom. The van der Waals surface area contributed by atoms with E-state index in [1.54, 1.807) is 49.8 Å². The van der Waals surface area contributed by atoms with E-state index >= 15 is 0 Å². The molecule has 0 bridgehead atoms. The minimum absolute atomic E-state index is 0.0579. The van der Waals surface area contributed by atoms with Crippen molar-refractivity contribution in [3.05, 3.63) is 78.5 Å². The number of hydrogen-bond acceptors (Lipinski definition) is 7. The summed E-state index contributed by atoms with van der Waals surface area (Å²) in [5.41, 5.74) is 1.93. The van der Waals surface area contributed by atoms with Crippen LogP contribution in [0.2, 0.25) is 0 Å². The van der Waals surface area contributed by atoms with Crippen molar-refractivity contribution in [1.29, 1.82) is 0 Å². The highest BCUT2D eigenvalue weighted by molar-refractivity contribution is 8.00. The second-order valence-electron chi connectivity index (χ2n) is 7.10. The summed E-state index contributed by atoms with van der Waals surface area (Å²) in [5.74, 6) is 1.12. The summed E-state index contributed by atoms with van der Waals surface area (Å²) < 4.78 is 7.41. The molecule has 32 heavy (non-hydrogen) atoms. The third-order valence-corrected chi connectivity index (χ3v) is 5.80. The monoisotopic (exact) mass is 447 g/mol. The van der Waals surface area contributed by atoms with E-state index in [0.717, 1.165) is 11.3 Å². The molecule has 4 aromatic rings. The number of pyridine rings is 1. The molecule has 1 N–H and O–H groups in total. The third kappa shape index (κ3) is 4.94. The molecule has 1 aromatic carbocycles. The van der Waals surface area contributed by atoms with Crippen LogP contribution in [-0.2, 0) is 11.3 Å². The normalized spacial score (nSPS) is 11.8. The minimum Gasteiger partial charge on any atom is -0.467 e. The summed E-state index contributed by atoms with van der Waals surface area (Å²) in [4.78, 5) is 28.6. The summed E-state index contributed by atoms with van der Waals surface area (Å²) in [7, 11) is 0. The van der Waals surface area contributed by atoms with Crippen LogP contribution in [0, 0.1) is 0 Å². The number of aromatic nitrogens is 4. The molecule has 9 heteroatoms. The molecule has 0 fully saturated rings. The Balaban J connectivity index is 1.55. The highest BCUT2D eigenvalue weighted by Gasteiger charge is 2.22. The average Bonchev–Trinajstić information content (AvgIpc) is 3.45. The lowest BCUT2D eigenvalue weighted by molar-refractivity contribution is -0.115. The number of hydrogen-bond donors (Lipinski definition) is 1. The lowest BCUT2D eigenvalue weighted by atomic mass is 10.1. The number of nitrogens with one attached hydrogen (secondary N) is 1. The molecule has 3 aromatic heterocycles. The van der Waals surface area contributed by atoms with E-state index in [9.17, 15) is 9.59 Å². The predicted octanol–water partition coefficient (Wildman–Crippen LogP) is 4.30. The van der Waals surface area contributed by atoms with Gasteiger partial charge in [0, 0.05) is 29.2 Å². The number of carbonyl (C=O) groups excluding carboxylic acids is 2. The first-order valence-corrected chi connectivity index (χ1v) is 10.8. The van der Waals surface area contributed by atoms with Crippen LogP contribution in [0.4, 0.5) is 5.69 Å². The smallest absolute Gasteiger partial charge is 0.237 e. The van der Waals surface area contributed by atoms with Gasteiger partial charge in [-0.15, -0.1) is 10.2 Å². The van der Waals surface area contributed by atoms with Gasteiger partial charge in [0.05, 0.1) is 18.1 Å². The zero-order valence-corrected chi connectivity index (χ0v) is 18.4.